The van der Waals surface area contributed by atoms with Crippen LogP contribution in [-0.4, -0.2) is 17.8 Å². The number of carbonyl (C=O) groups is 1. The molecular formula is C12H15Cl2NO3. The van der Waals surface area contributed by atoms with Gasteiger partial charge in [0.2, 0.25) is 0 Å². The lowest BCUT2D eigenvalue weighted by molar-refractivity contribution is 0.0387. The second-order valence-electron chi connectivity index (χ2n) is 4.85. The minimum atomic E-state index is -0.432. The molecule has 100 valence electrons. The van der Waals surface area contributed by atoms with Crippen molar-refractivity contribution in [2.24, 2.45) is 5.41 Å². The third-order valence-corrected chi connectivity index (χ3v) is 3.23. The second-order valence-corrected chi connectivity index (χ2v) is 5.26. The molecule has 0 aromatic heterocycles. The van der Waals surface area contributed by atoms with Crippen molar-refractivity contribution in [1.82, 2.24) is 5.32 Å². The highest BCUT2D eigenvalue weighted by atomic mass is 35.5. The molecule has 0 aliphatic carbocycles. The molecule has 2 rings (SSSR count). The summed E-state index contributed by atoms with van der Waals surface area (Å²) >= 11 is 5.87. The lowest BCUT2D eigenvalue weighted by Gasteiger charge is -2.38. The molecule has 0 saturated carbocycles. The molecule has 0 unspecified atom stereocenters. The number of ether oxygens (including phenoxy) is 1. The Morgan fingerprint density at radius 3 is 2.78 bits per heavy atom. The fourth-order valence-electron chi connectivity index (χ4n) is 1.93. The summed E-state index contributed by atoms with van der Waals surface area (Å²) in [4.78, 5) is 11.3. The number of alkyl carbamates (subject to hydrolysis) is 1. The third kappa shape index (κ3) is 2.82. The number of nitrogens with one attached hydrogen (secondary N) is 1. The Morgan fingerprint density at radius 1 is 1.50 bits per heavy atom. The highest BCUT2D eigenvalue weighted by molar-refractivity contribution is 6.32. The molecule has 6 heteroatoms. The van der Waals surface area contributed by atoms with Crippen LogP contribution in [0.4, 0.5) is 4.79 Å². The van der Waals surface area contributed by atoms with Gasteiger partial charge >= 0.3 is 6.09 Å². The van der Waals surface area contributed by atoms with Crippen LogP contribution in [0, 0.1) is 5.41 Å². The van der Waals surface area contributed by atoms with Crippen molar-refractivity contribution in [2.75, 3.05) is 6.61 Å². The van der Waals surface area contributed by atoms with Crippen LogP contribution in [0.1, 0.15) is 25.5 Å². The van der Waals surface area contributed by atoms with E-state index in [-0.39, 0.29) is 34.6 Å². The van der Waals surface area contributed by atoms with Crippen LogP contribution < -0.4 is 5.32 Å². The molecule has 1 heterocycles. The van der Waals surface area contributed by atoms with E-state index in [0.717, 1.165) is 5.56 Å². The van der Waals surface area contributed by atoms with Gasteiger partial charge in [-0.1, -0.05) is 31.5 Å². The van der Waals surface area contributed by atoms with Crippen LogP contribution in [0.15, 0.2) is 18.2 Å². The Labute approximate surface area is 117 Å². The van der Waals surface area contributed by atoms with E-state index < -0.39 is 6.09 Å². The van der Waals surface area contributed by atoms with Gasteiger partial charge in [0.1, 0.15) is 12.4 Å². The fraction of sp³-hybridized carbons (Fsp3) is 0.417. The Hall–Kier alpha value is -1.13. The van der Waals surface area contributed by atoms with Gasteiger partial charge in [-0.25, -0.2) is 4.79 Å². The van der Waals surface area contributed by atoms with Gasteiger partial charge < -0.3 is 15.2 Å². The number of aromatic hydroxyl groups is 1. The van der Waals surface area contributed by atoms with Crippen LogP contribution in [0.2, 0.25) is 5.02 Å². The predicted molar refractivity (Wildman–Crippen MR) is 71.4 cm³/mol. The highest BCUT2D eigenvalue weighted by Crippen LogP contribution is 2.38. The van der Waals surface area contributed by atoms with E-state index >= 15 is 0 Å². The van der Waals surface area contributed by atoms with E-state index in [1.54, 1.807) is 12.1 Å². The number of amides is 1. The molecule has 0 spiro atoms. The Bertz CT molecular complexity index is 463. The zero-order valence-corrected chi connectivity index (χ0v) is 11.6. The molecule has 0 radical (unpaired) electrons. The maximum absolute atomic E-state index is 11.3. The Kier molecular flexibility index (Phi) is 4.35. The molecule has 4 nitrogen and oxygen atoms in total. The zero-order chi connectivity index (χ0) is 12.6. The Balaban J connectivity index is 0.00000162. The van der Waals surface area contributed by atoms with Crippen molar-refractivity contribution in [3.8, 4) is 5.75 Å². The lowest BCUT2D eigenvalue weighted by atomic mass is 9.80. The summed E-state index contributed by atoms with van der Waals surface area (Å²) in [5.41, 5.74) is 0.628. The number of cyclic esters (lactones) is 1. The first-order chi connectivity index (χ1) is 7.90. The summed E-state index contributed by atoms with van der Waals surface area (Å²) in [5, 5.41) is 12.4. The number of halogens is 2. The molecule has 1 aliphatic rings. The number of rotatable bonds is 1. The minimum absolute atomic E-state index is 0. The quantitative estimate of drug-likeness (QED) is 0.835. The van der Waals surface area contributed by atoms with Crippen LogP contribution in [0.25, 0.3) is 0 Å². The summed E-state index contributed by atoms with van der Waals surface area (Å²) < 4.78 is 4.97. The number of hydrogen-bond donors (Lipinski definition) is 2. The largest absolute Gasteiger partial charge is 0.506 e. The second kappa shape index (κ2) is 5.24. The standard InChI is InChI=1S/C12H14ClNO3.ClH/c1-12(2)6-17-11(16)14-10(12)7-3-4-9(15)8(13)5-7;/h3-5,10,15H,6H2,1-2H3,(H,14,16);1H/t10-;/m0./s1. The van der Waals surface area contributed by atoms with E-state index in [2.05, 4.69) is 5.32 Å². The first-order valence-corrected chi connectivity index (χ1v) is 5.70. The maximum Gasteiger partial charge on any atom is 0.407 e. The molecule has 18 heavy (non-hydrogen) atoms. The average Bonchev–Trinajstić information content (AvgIpc) is 2.26. The van der Waals surface area contributed by atoms with Gasteiger partial charge in [0.05, 0.1) is 11.1 Å². The van der Waals surface area contributed by atoms with Crippen LogP contribution in [0.5, 0.6) is 5.75 Å². The summed E-state index contributed by atoms with van der Waals surface area (Å²) in [6.07, 6.45) is -0.432. The number of hydrogen-bond acceptors (Lipinski definition) is 3. The van der Waals surface area contributed by atoms with Crippen molar-refractivity contribution < 1.29 is 14.6 Å². The third-order valence-electron chi connectivity index (χ3n) is 2.92. The highest BCUT2D eigenvalue weighted by Gasteiger charge is 2.37. The molecule has 0 bridgehead atoms. The van der Waals surface area contributed by atoms with Crippen molar-refractivity contribution in [1.29, 1.82) is 0 Å². The number of phenols is 1. The summed E-state index contributed by atoms with van der Waals surface area (Å²) in [6, 6.07) is 4.76. The van der Waals surface area contributed by atoms with Crippen molar-refractivity contribution in [3.63, 3.8) is 0 Å². The van der Waals surface area contributed by atoms with Gasteiger partial charge in [-0.05, 0) is 17.7 Å². The average molecular weight is 292 g/mol. The number of phenolic OH excluding ortho intramolecular Hbond substituents is 1. The first kappa shape index (κ1) is 14.9. The van der Waals surface area contributed by atoms with Crippen LogP contribution in [-0.2, 0) is 4.74 Å². The van der Waals surface area contributed by atoms with Crippen LogP contribution >= 0.6 is 24.0 Å². The molecule has 1 aliphatic heterocycles. The molecule has 1 aromatic carbocycles. The molecule has 2 N–H and O–H groups in total. The monoisotopic (exact) mass is 291 g/mol. The normalized spacial score (nSPS) is 21.5. The van der Waals surface area contributed by atoms with E-state index in [0.29, 0.717) is 6.61 Å². The van der Waals surface area contributed by atoms with Gasteiger partial charge in [0.25, 0.3) is 0 Å². The topological polar surface area (TPSA) is 58.6 Å². The predicted octanol–water partition coefficient (Wildman–Crippen LogP) is 3.27. The van der Waals surface area contributed by atoms with E-state index in [9.17, 15) is 9.90 Å². The van der Waals surface area contributed by atoms with Crippen molar-refractivity contribution in [3.05, 3.63) is 28.8 Å². The smallest absolute Gasteiger partial charge is 0.407 e. The molecule has 1 saturated heterocycles. The van der Waals surface area contributed by atoms with Gasteiger partial charge in [-0.2, -0.15) is 0 Å². The SMILES string of the molecule is CC1(C)COC(=O)N[C@H]1c1ccc(O)c(Cl)c1.Cl. The van der Waals surface area contributed by atoms with Gasteiger partial charge in [-0.15, -0.1) is 12.4 Å². The van der Waals surface area contributed by atoms with Crippen LogP contribution in [0.3, 0.4) is 0 Å². The zero-order valence-electron chi connectivity index (χ0n) is 10.1. The minimum Gasteiger partial charge on any atom is -0.506 e. The first-order valence-electron chi connectivity index (χ1n) is 5.32. The van der Waals surface area contributed by atoms with E-state index in [1.165, 1.54) is 6.07 Å². The van der Waals surface area contributed by atoms with Crippen molar-refractivity contribution in [2.45, 2.75) is 19.9 Å². The summed E-state index contributed by atoms with van der Waals surface area (Å²) in [7, 11) is 0. The van der Waals surface area contributed by atoms with E-state index in [1.807, 2.05) is 13.8 Å². The molecule has 1 aromatic rings. The molecular weight excluding hydrogens is 277 g/mol. The van der Waals surface area contributed by atoms with Gasteiger partial charge in [0.15, 0.2) is 0 Å². The van der Waals surface area contributed by atoms with Crippen molar-refractivity contribution >= 4 is 30.1 Å². The lowest BCUT2D eigenvalue weighted by Crippen LogP contribution is -2.46. The number of carbonyl (C=O) groups excluding carboxylic acids is 1. The molecule has 1 fully saturated rings. The fourth-order valence-corrected chi connectivity index (χ4v) is 2.12. The molecule has 1 amide bonds. The maximum atomic E-state index is 11.3. The van der Waals surface area contributed by atoms with E-state index in [4.69, 9.17) is 16.3 Å². The summed E-state index contributed by atoms with van der Waals surface area (Å²) in [5.74, 6) is 0.0339. The molecule has 1 atom stereocenters. The summed E-state index contributed by atoms with van der Waals surface area (Å²) in [6.45, 7) is 4.34. The number of benzene rings is 1. The van der Waals surface area contributed by atoms with Gasteiger partial charge in [-0.3, -0.25) is 0 Å². The Morgan fingerprint density at radius 2 is 2.17 bits per heavy atom. The van der Waals surface area contributed by atoms with Gasteiger partial charge in [0, 0.05) is 5.41 Å².